The van der Waals surface area contributed by atoms with Gasteiger partial charge in [0.25, 0.3) is 5.91 Å². The molecule has 2 N–H and O–H groups in total. The molecule has 0 spiro atoms. The third-order valence-electron chi connectivity index (χ3n) is 4.70. The molecule has 0 saturated carbocycles. The summed E-state index contributed by atoms with van der Waals surface area (Å²) in [6.45, 7) is 1.30. The van der Waals surface area contributed by atoms with Crippen molar-refractivity contribution in [3.8, 4) is 0 Å². The van der Waals surface area contributed by atoms with E-state index in [4.69, 9.17) is 10.1 Å². The van der Waals surface area contributed by atoms with E-state index in [9.17, 15) is 9.59 Å². The van der Waals surface area contributed by atoms with Crippen LogP contribution in [0.3, 0.4) is 0 Å². The van der Waals surface area contributed by atoms with Gasteiger partial charge in [0, 0.05) is 30.0 Å². The first-order valence-corrected chi connectivity index (χ1v) is 9.00. The predicted octanol–water partition coefficient (Wildman–Crippen LogP) is 2.07. The average molecular weight is 346 g/mol. The molecule has 1 aliphatic heterocycles. The molecule has 24 heavy (non-hydrogen) atoms. The number of hydrogen-bond acceptors (Lipinski definition) is 5. The lowest BCUT2D eigenvalue weighted by Crippen LogP contribution is -2.39. The molecule has 1 atom stereocenters. The van der Waals surface area contributed by atoms with Gasteiger partial charge < -0.3 is 10.0 Å². The van der Waals surface area contributed by atoms with Crippen LogP contribution in [0, 0.1) is 0 Å². The number of aromatic amines is 1. The molecule has 1 aliphatic carbocycles. The molecule has 0 aromatic carbocycles. The Morgan fingerprint density at radius 1 is 1.33 bits per heavy atom. The van der Waals surface area contributed by atoms with Crippen LogP contribution in [0.2, 0.25) is 0 Å². The van der Waals surface area contributed by atoms with Crippen molar-refractivity contribution in [3.63, 3.8) is 0 Å². The van der Waals surface area contributed by atoms with Crippen molar-refractivity contribution in [2.24, 2.45) is 0 Å². The number of piperidine rings is 1. The zero-order valence-corrected chi connectivity index (χ0v) is 13.9. The molecule has 1 fully saturated rings. The number of H-pyrrole nitrogens is 1. The van der Waals surface area contributed by atoms with E-state index in [2.05, 4.69) is 10.2 Å². The van der Waals surface area contributed by atoms with Gasteiger partial charge in [0.1, 0.15) is 5.69 Å². The van der Waals surface area contributed by atoms with Gasteiger partial charge in [-0.2, -0.15) is 5.10 Å². The number of carboxylic acid groups (broad SMARTS) is 1. The molecule has 0 radical (unpaired) electrons. The highest BCUT2D eigenvalue weighted by Crippen LogP contribution is 2.35. The van der Waals surface area contributed by atoms with Crippen LogP contribution in [0.4, 0.5) is 0 Å². The quantitative estimate of drug-likeness (QED) is 0.886. The van der Waals surface area contributed by atoms with Crippen LogP contribution in [0.25, 0.3) is 0 Å². The van der Waals surface area contributed by atoms with Crippen LogP contribution in [-0.2, 0) is 12.8 Å². The number of hydrogen-bond donors (Lipinski definition) is 2. The second-order valence-corrected chi connectivity index (χ2v) is 7.45. The molecule has 3 heterocycles. The van der Waals surface area contributed by atoms with Crippen LogP contribution in [-0.4, -0.2) is 50.2 Å². The lowest BCUT2D eigenvalue weighted by molar-refractivity contribution is 0.0688. The van der Waals surface area contributed by atoms with Crippen LogP contribution < -0.4 is 0 Å². The topological polar surface area (TPSA) is 99.2 Å². The summed E-state index contributed by atoms with van der Waals surface area (Å²) in [5.74, 6) is -1.06. The summed E-state index contributed by atoms with van der Waals surface area (Å²) in [5.41, 5.74) is 1.34. The molecule has 2 aromatic heterocycles. The minimum atomic E-state index is -1.12. The van der Waals surface area contributed by atoms with Crippen molar-refractivity contribution >= 4 is 23.2 Å². The fourth-order valence-corrected chi connectivity index (χ4v) is 4.73. The lowest BCUT2D eigenvalue weighted by Gasteiger charge is -2.31. The third kappa shape index (κ3) is 2.71. The lowest BCUT2D eigenvalue weighted by atomic mass is 9.98. The smallest absolute Gasteiger partial charge is 0.353 e. The Bertz CT molecular complexity index is 776. The second kappa shape index (κ2) is 6.01. The average Bonchev–Trinajstić information content (AvgIpc) is 3.29. The van der Waals surface area contributed by atoms with Crippen molar-refractivity contribution in [2.45, 2.75) is 38.0 Å². The number of carboxylic acids is 1. The molecule has 2 aliphatic rings. The van der Waals surface area contributed by atoms with Crippen LogP contribution >= 0.6 is 11.3 Å². The van der Waals surface area contributed by atoms with Crippen molar-refractivity contribution in [1.29, 1.82) is 0 Å². The van der Waals surface area contributed by atoms with E-state index in [1.54, 1.807) is 16.2 Å². The molecule has 7 nitrogen and oxygen atoms in total. The number of aromatic carboxylic acids is 1. The van der Waals surface area contributed by atoms with Gasteiger partial charge in [0.15, 0.2) is 5.69 Å². The first-order valence-electron chi connectivity index (χ1n) is 8.18. The van der Waals surface area contributed by atoms with E-state index in [0.29, 0.717) is 13.1 Å². The summed E-state index contributed by atoms with van der Waals surface area (Å²) < 4.78 is 0. The molecule has 2 aromatic rings. The third-order valence-corrected chi connectivity index (χ3v) is 6.02. The van der Waals surface area contributed by atoms with Gasteiger partial charge in [-0.15, -0.1) is 11.3 Å². The maximum absolute atomic E-state index is 12.6. The number of nitrogens with one attached hydrogen (secondary N) is 1. The van der Waals surface area contributed by atoms with Gasteiger partial charge in [0.2, 0.25) is 0 Å². The summed E-state index contributed by atoms with van der Waals surface area (Å²) in [6, 6.07) is 1.30. The molecule has 4 rings (SSSR count). The second-order valence-electron chi connectivity index (χ2n) is 6.34. The Morgan fingerprint density at radius 3 is 2.96 bits per heavy atom. The van der Waals surface area contributed by atoms with Gasteiger partial charge in [0.05, 0.1) is 10.7 Å². The molecule has 1 saturated heterocycles. The van der Waals surface area contributed by atoms with Gasteiger partial charge in [-0.05, 0) is 32.1 Å². The van der Waals surface area contributed by atoms with Crippen molar-refractivity contribution < 1.29 is 14.7 Å². The number of carbonyl (C=O) groups is 2. The van der Waals surface area contributed by atoms with E-state index in [1.807, 2.05) is 0 Å². The van der Waals surface area contributed by atoms with E-state index in [-0.39, 0.29) is 23.2 Å². The van der Waals surface area contributed by atoms with Crippen LogP contribution in [0.15, 0.2) is 6.07 Å². The van der Waals surface area contributed by atoms with Crippen LogP contribution in [0.1, 0.15) is 61.7 Å². The summed E-state index contributed by atoms with van der Waals surface area (Å²) in [4.78, 5) is 31.5. The predicted molar refractivity (Wildman–Crippen MR) is 87.6 cm³/mol. The zero-order valence-electron chi connectivity index (χ0n) is 13.1. The normalized spacial score (nSPS) is 20.2. The monoisotopic (exact) mass is 346 g/mol. The van der Waals surface area contributed by atoms with Gasteiger partial charge in [-0.1, -0.05) is 0 Å². The molecular formula is C16H18N4O3S. The standard InChI is InChI=1S/C16H18N4O3S/c21-15(11-7-12(16(22)23)19-18-11)20-6-2-3-9(8-20)14-17-10-4-1-5-13(10)24-14/h7,9H,1-6,8H2,(H,18,19)(H,22,23). The number of aryl methyl sites for hydroxylation is 2. The van der Waals surface area contributed by atoms with E-state index >= 15 is 0 Å². The number of aromatic nitrogens is 3. The molecule has 0 bridgehead atoms. The molecule has 1 unspecified atom stereocenters. The number of nitrogens with zero attached hydrogens (tertiary/aromatic N) is 3. The van der Waals surface area contributed by atoms with E-state index in [0.717, 1.165) is 30.7 Å². The summed E-state index contributed by atoms with van der Waals surface area (Å²) in [5, 5.41) is 16.3. The number of amides is 1. The molecule has 126 valence electrons. The minimum Gasteiger partial charge on any atom is -0.477 e. The van der Waals surface area contributed by atoms with Gasteiger partial charge >= 0.3 is 5.97 Å². The SMILES string of the molecule is O=C(O)c1cc(C(=O)N2CCCC(c3nc4c(s3)CCC4)C2)n[nH]1. The summed E-state index contributed by atoms with van der Waals surface area (Å²) >= 11 is 1.80. The Morgan fingerprint density at radius 2 is 2.21 bits per heavy atom. The first kappa shape index (κ1) is 15.3. The molecule has 1 amide bonds. The molecular weight excluding hydrogens is 328 g/mol. The number of carbonyl (C=O) groups excluding carboxylic acids is 1. The van der Waals surface area contributed by atoms with Gasteiger partial charge in [-0.3, -0.25) is 9.89 Å². The Kier molecular flexibility index (Phi) is 3.84. The largest absolute Gasteiger partial charge is 0.477 e. The maximum atomic E-state index is 12.6. The summed E-state index contributed by atoms with van der Waals surface area (Å²) in [7, 11) is 0. The number of likely N-dealkylation sites (tertiary alicyclic amines) is 1. The highest BCUT2D eigenvalue weighted by atomic mass is 32.1. The van der Waals surface area contributed by atoms with Crippen molar-refractivity contribution in [2.75, 3.05) is 13.1 Å². The molecule has 8 heteroatoms. The highest BCUT2D eigenvalue weighted by molar-refractivity contribution is 7.11. The maximum Gasteiger partial charge on any atom is 0.353 e. The fourth-order valence-electron chi connectivity index (χ4n) is 3.45. The number of fused-ring (bicyclic) bond motifs is 1. The number of thiazole rings is 1. The van der Waals surface area contributed by atoms with Crippen LogP contribution in [0.5, 0.6) is 0 Å². The summed E-state index contributed by atoms with van der Waals surface area (Å²) in [6.07, 6.45) is 5.38. The number of rotatable bonds is 3. The Balaban J connectivity index is 1.49. The highest BCUT2D eigenvalue weighted by Gasteiger charge is 2.30. The van der Waals surface area contributed by atoms with Gasteiger partial charge in [-0.25, -0.2) is 9.78 Å². The van der Waals surface area contributed by atoms with E-state index in [1.165, 1.54) is 23.1 Å². The first-order chi connectivity index (χ1) is 11.6. The fraction of sp³-hybridized carbons (Fsp3) is 0.500. The minimum absolute atomic E-state index is 0.0664. The Hall–Kier alpha value is -2.22. The Labute approximate surface area is 142 Å². The van der Waals surface area contributed by atoms with E-state index < -0.39 is 5.97 Å². The van der Waals surface area contributed by atoms with Crippen molar-refractivity contribution in [1.82, 2.24) is 20.1 Å². The zero-order chi connectivity index (χ0) is 16.7. The van der Waals surface area contributed by atoms with Crippen molar-refractivity contribution in [3.05, 3.63) is 33.0 Å².